The maximum Gasteiger partial charge on any atom is 0.266 e. The summed E-state index contributed by atoms with van der Waals surface area (Å²) in [7, 11) is 0. The Morgan fingerprint density at radius 3 is 2.78 bits per heavy atom. The molecule has 1 saturated heterocycles. The van der Waals surface area contributed by atoms with Gasteiger partial charge in [0.1, 0.15) is 29.5 Å². The molecule has 36 heavy (non-hydrogen) atoms. The third-order valence-electron chi connectivity index (χ3n) is 7.44. The Morgan fingerprint density at radius 2 is 2.00 bits per heavy atom. The number of aromatic nitrogens is 4. The van der Waals surface area contributed by atoms with Crippen molar-refractivity contribution in [2.75, 3.05) is 11.5 Å². The van der Waals surface area contributed by atoms with Crippen molar-refractivity contribution >= 4 is 33.6 Å². The highest BCUT2D eigenvalue weighted by Crippen LogP contribution is 2.51. The molecule has 0 amide bonds. The van der Waals surface area contributed by atoms with E-state index in [1.807, 2.05) is 6.07 Å². The van der Waals surface area contributed by atoms with E-state index in [2.05, 4.69) is 15.0 Å². The van der Waals surface area contributed by atoms with E-state index >= 15 is 0 Å². The molecule has 5 atom stereocenters. The maximum atomic E-state index is 13.7. The zero-order valence-electron chi connectivity index (χ0n) is 18.9. The van der Waals surface area contributed by atoms with E-state index in [-0.39, 0.29) is 40.6 Å². The molecule has 1 aliphatic heterocycles. The Bertz CT molecular complexity index is 1500. The van der Waals surface area contributed by atoms with Crippen LogP contribution in [0.15, 0.2) is 36.8 Å². The number of rotatable bonds is 4. The number of aliphatic hydroxyl groups excluding tert-OH is 1. The van der Waals surface area contributed by atoms with E-state index in [4.69, 9.17) is 16.2 Å². The van der Waals surface area contributed by atoms with Gasteiger partial charge in [-0.2, -0.15) is 0 Å². The first-order chi connectivity index (χ1) is 17.2. The number of pyridine rings is 1. The van der Waals surface area contributed by atoms with Crippen LogP contribution in [-0.2, 0) is 11.2 Å². The lowest BCUT2D eigenvalue weighted by Crippen LogP contribution is -2.45. The van der Waals surface area contributed by atoms with Gasteiger partial charge in [0.05, 0.1) is 17.0 Å². The van der Waals surface area contributed by atoms with E-state index in [0.717, 1.165) is 18.1 Å². The van der Waals surface area contributed by atoms with Crippen molar-refractivity contribution in [1.29, 1.82) is 0 Å². The Kier molecular flexibility index (Phi) is 5.11. The van der Waals surface area contributed by atoms with Crippen molar-refractivity contribution in [1.82, 2.24) is 19.5 Å². The molecule has 0 spiro atoms. The zero-order valence-corrected chi connectivity index (χ0v) is 18.9. The molecule has 1 saturated carbocycles. The number of nitrogen functional groups attached to an aromatic ring is 2. The summed E-state index contributed by atoms with van der Waals surface area (Å²) >= 11 is 0. The molecule has 0 unspecified atom stereocenters. The van der Waals surface area contributed by atoms with Gasteiger partial charge >= 0.3 is 0 Å². The number of nitrogens with two attached hydrogens (primary N) is 2. The average molecular weight is 500 g/mol. The Balaban J connectivity index is 1.32. The van der Waals surface area contributed by atoms with Crippen LogP contribution in [0, 0.1) is 11.7 Å². The monoisotopic (exact) mass is 500 g/mol. The number of halogens is 3. The lowest BCUT2D eigenvalue weighted by Gasteiger charge is -2.26. The van der Waals surface area contributed by atoms with Gasteiger partial charge in [0.25, 0.3) is 6.43 Å². The van der Waals surface area contributed by atoms with E-state index in [1.54, 1.807) is 12.1 Å². The second-order valence-electron chi connectivity index (χ2n) is 9.52. The number of ether oxygens (including phenoxy) is 1. The van der Waals surface area contributed by atoms with Crippen LogP contribution in [0.25, 0.3) is 21.9 Å². The Labute approximate surface area is 202 Å². The number of benzene rings is 1. The number of aliphatic hydroxyl groups is 2. The molecule has 4 aromatic rings. The molecule has 6 rings (SSSR count). The van der Waals surface area contributed by atoms with E-state index in [9.17, 15) is 23.4 Å². The summed E-state index contributed by atoms with van der Waals surface area (Å²) in [6.07, 6.45) is -2.51. The highest BCUT2D eigenvalue weighted by atomic mass is 19.3. The lowest BCUT2D eigenvalue weighted by atomic mass is 9.90. The third kappa shape index (κ3) is 3.32. The first kappa shape index (κ1) is 23.0. The molecule has 3 aromatic heterocycles. The highest BCUT2D eigenvalue weighted by molar-refractivity contribution is 5.90. The van der Waals surface area contributed by atoms with Gasteiger partial charge in [-0.3, -0.25) is 0 Å². The minimum Gasteiger partial charge on any atom is -0.385 e. The van der Waals surface area contributed by atoms with Crippen LogP contribution >= 0.6 is 0 Å². The molecule has 0 bridgehead atoms. The fourth-order valence-electron chi connectivity index (χ4n) is 5.69. The molecule has 0 radical (unpaired) electrons. The summed E-state index contributed by atoms with van der Waals surface area (Å²) in [5, 5.41) is 23.1. The Morgan fingerprint density at radius 1 is 1.19 bits per heavy atom. The minimum atomic E-state index is -2.85. The van der Waals surface area contributed by atoms with Crippen LogP contribution in [0.1, 0.15) is 36.6 Å². The first-order valence-electron chi connectivity index (χ1n) is 11.5. The summed E-state index contributed by atoms with van der Waals surface area (Å²) in [5.74, 6) is -1.06. The Hall–Kier alpha value is -3.48. The number of hydrogen-bond donors (Lipinski definition) is 4. The van der Waals surface area contributed by atoms with Crippen LogP contribution in [0.3, 0.4) is 0 Å². The summed E-state index contributed by atoms with van der Waals surface area (Å²) in [5.41, 5.74) is 11.0. The average Bonchev–Trinajstić information content (AvgIpc) is 3.45. The van der Waals surface area contributed by atoms with Gasteiger partial charge < -0.3 is 31.0 Å². The summed E-state index contributed by atoms with van der Waals surface area (Å²) < 4.78 is 48.7. The molecule has 188 valence electrons. The number of fused-ring (bicyclic) bond motifs is 3. The minimum absolute atomic E-state index is 0.0109. The molecule has 1 aromatic carbocycles. The molecular weight excluding hydrogens is 477 g/mol. The van der Waals surface area contributed by atoms with Crippen molar-refractivity contribution in [3.63, 3.8) is 0 Å². The number of nitrogens with zero attached hydrogens (tertiary/aromatic N) is 4. The standard InChI is InChI=1S/C24H23F3N6O3/c25-14-7-11-2-1-10(6-15(11)32-20(14)28)5-12-3-4-24(35)17(34)23(36-18(12)24)33-8-13(19(26)27)16-21(29)30-9-31-22(16)33/h1-2,6-9,12,17-19,23,34-35H,3-5H2,(H2,28,32)(H2,29,30,31)/t12-,17-,18+,23+,24-/m0/s1. The van der Waals surface area contributed by atoms with Crippen molar-refractivity contribution in [3.05, 3.63) is 53.7 Å². The predicted octanol–water partition coefficient (Wildman–Crippen LogP) is 2.86. The zero-order chi connectivity index (χ0) is 25.4. The van der Waals surface area contributed by atoms with E-state index in [0.29, 0.717) is 23.7 Å². The lowest BCUT2D eigenvalue weighted by molar-refractivity contribution is -0.0675. The van der Waals surface area contributed by atoms with Gasteiger partial charge in [-0.1, -0.05) is 12.1 Å². The van der Waals surface area contributed by atoms with Crippen LogP contribution in [0.5, 0.6) is 0 Å². The van der Waals surface area contributed by atoms with Gasteiger partial charge in [0, 0.05) is 17.1 Å². The largest absolute Gasteiger partial charge is 0.385 e. The van der Waals surface area contributed by atoms with Crippen LogP contribution in [0.4, 0.5) is 24.8 Å². The molecule has 1 aliphatic carbocycles. The molecule has 2 aliphatic rings. The fourth-order valence-corrected chi connectivity index (χ4v) is 5.69. The van der Waals surface area contributed by atoms with Crippen LogP contribution in [-0.4, -0.2) is 47.5 Å². The second kappa shape index (κ2) is 8.02. The maximum absolute atomic E-state index is 13.7. The topological polar surface area (TPSA) is 145 Å². The molecule has 12 heteroatoms. The normalized spacial score (nSPS) is 27.9. The summed E-state index contributed by atoms with van der Waals surface area (Å²) in [6.45, 7) is 0. The molecule has 9 nitrogen and oxygen atoms in total. The van der Waals surface area contributed by atoms with E-state index < -0.39 is 36.3 Å². The first-order valence-corrected chi connectivity index (χ1v) is 11.5. The van der Waals surface area contributed by atoms with E-state index in [1.165, 1.54) is 10.6 Å². The van der Waals surface area contributed by atoms with Crippen molar-refractivity contribution < 1.29 is 28.1 Å². The quantitative estimate of drug-likeness (QED) is 0.335. The van der Waals surface area contributed by atoms with Gasteiger partial charge in [-0.15, -0.1) is 0 Å². The number of hydrogen-bond acceptors (Lipinski definition) is 8. The number of alkyl halides is 2. The van der Waals surface area contributed by atoms with Gasteiger partial charge in [-0.25, -0.2) is 28.1 Å². The van der Waals surface area contributed by atoms with Gasteiger partial charge in [0.15, 0.2) is 17.9 Å². The predicted molar refractivity (Wildman–Crippen MR) is 124 cm³/mol. The van der Waals surface area contributed by atoms with Crippen molar-refractivity contribution in [2.24, 2.45) is 5.92 Å². The second-order valence-corrected chi connectivity index (χ2v) is 9.52. The number of anilines is 2. The van der Waals surface area contributed by atoms with Crippen LogP contribution in [0.2, 0.25) is 0 Å². The third-order valence-corrected chi connectivity index (χ3v) is 7.44. The van der Waals surface area contributed by atoms with Crippen molar-refractivity contribution in [2.45, 2.75) is 49.7 Å². The molecule has 2 fully saturated rings. The van der Waals surface area contributed by atoms with Crippen molar-refractivity contribution in [3.8, 4) is 0 Å². The van der Waals surface area contributed by atoms with Gasteiger partial charge in [-0.05, 0) is 42.9 Å². The SMILES string of the molecule is Nc1nc2cc(C[C@@H]3CC[C@@]4(O)[C@@H]3O[C@@H](n3cc(C(F)F)c5c(N)ncnc53)[C@@H]4O)ccc2cc1F. The summed E-state index contributed by atoms with van der Waals surface area (Å²) in [4.78, 5) is 12.0. The summed E-state index contributed by atoms with van der Waals surface area (Å²) in [6, 6.07) is 6.71. The highest BCUT2D eigenvalue weighted by Gasteiger charge is 2.61. The van der Waals surface area contributed by atoms with Crippen LogP contribution < -0.4 is 11.5 Å². The van der Waals surface area contributed by atoms with Gasteiger partial charge in [0.2, 0.25) is 0 Å². The molecular formula is C24H23F3N6O3. The molecule has 4 heterocycles. The fraction of sp³-hybridized carbons (Fsp3) is 0.375. The smallest absolute Gasteiger partial charge is 0.266 e. The molecule has 6 N–H and O–H groups in total.